The number of carbonyl (C=O) groups is 2. The first-order valence-corrected chi connectivity index (χ1v) is 5.80. The summed E-state index contributed by atoms with van der Waals surface area (Å²) in [6, 6.07) is 9.26. The predicted molar refractivity (Wildman–Crippen MR) is 71.5 cm³/mol. The number of aromatic carboxylic acids is 1. The standard InChI is InChI=1S/C14H12N2O4/c17-8-9-1-3-10(4-2-9)13(18)16-12-6-5-11(7-15-12)14(19)20/h1-7,17H,8H2,(H,19,20)(H,15,16,18). The first kappa shape index (κ1) is 13.7. The van der Waals surface area contributed by atoms with Crippen molar-refractivity contribution in [1.82, 2.24) is 4.98 Å². The Morgan fingerprint density at radius 2 is 1.70 bits per heavy atom. The van der Waals surface area contributed by atoms with Crippen LogP contribution in [0.1, 0.15) is 26.3 Å². The van der Waals surface area contributed by atoms with Crippen LogP contribution in [0.5, 0.6) is 0 Å². The van der Waals surface area contributed by atoms with Gasteiger partial charge in [0.1, 0.15) is 5.82 Å². The molecule has 0 atom stereocenters. The number of benzene rings is 1. The Kier molecular flexibility index (Phi) is 4.07. The van der Waals surface area contributed by atoms with Gasteiger partial charge >= 0.3 is 5.97 Å². The fourth-order valence-electron chi connectivity index (χ4n) is 1.54. The van der Waals surface area contributed by atoms with E-state index in [4.69, 9.17) is 10.2 Å². The van der Waals surface area contributed by atoms with Crippen LogP contribution in [-0.2, 0) is 6.61 Å². The Morgan fingerprint density at radius 1 is 1.05 bits per heavy atom. The maximum Gasteiger partial charge on any atom is 0.337 e. The Labute approximate surface area is 114 Å². The monoisotopic (exact) mass is 272 g/mol. The number of aliphatic hydroxyl groups excluding tert-OH is 1. The van der Waals surface area contributed by atoms with Crippen LogP contribution in [-0.4, -0.2) is 27.1 Å². The van der Waals surface area contributed by atoms with Gasteiger partial charge in [-0.3, -0.25) is 4.79 Å². The van der Waals surface area contributed by atoms with Crippen molar-refractivity contribution >= 4 is 17.7 Å². The second-order valence-electron chi connectivity index (χ2n) is 4.05. The first-order chi connectivity index (χ1) is 9.60. The van der Waals surface area contributed by atoms with Crippen LogP contribution in [0.15, 0.2) is 42.6 Å². The maximum atomic E-state index is 11.9. The van der Waals surface area contributed by atoms with Crippen molar-refractivity contribution in [2.75, 3.05) is 5.32 Å². The minimum atomic E-state index is -1.07. The molecule has 6 heteroatoms. The molecule has 0 spiro atoms. The van der Waals surface area contributed by atoms with Crippen molar-refractivity contribution in [3.8, 4) is 0 Å². The summed E-state index contributed by atoms with van der Waals surface area (Å²) in [5.41, 5.74) is 1.19. The number of hydrogen-bond donors (Lipinski definition) is 3. The highest BCUT2D eigenvalue weighted by Gasteiger charge is 2.08. The van der Waals surface area contributed by atoms with E-state index in [0.29, 0.717) is 11.1 Å². The summed E-state index contributed by atoms with van der Waals surface area (Å²) >= 11 is 0. The summed E-state index contributed by atoms with van der Waals surface area (Å²) in [7, 11) is 0. The van der Waals surface area contributed by atoms with Gasteiger partial charge in [0.05, 0.1) is 12.2 Å². The third-order valence-corrected chi connectivity index (χ3v) is 2.65. The number of aromatic nitrogens is 1. The predicted octanol–water partition coefficient (Wildman–Crippen LogP) is 1.52. The lowest BCUT2D eigenvalue weighted by atomic mass is 10.1. The van der Waals surface area contributed by atoms with Crippen molar-refractivity contribution in [1.29, 1.82) is 0 Å². The number of anilines is 1. The number of carbonyl (C=O) groups excluding carboxylic acids is 1. The zero-order chi connectivity index (χ0) is 14.5. The maximum absolute atomic E-state index is 11.9. The highest BCUT2D eigenvalue weighted by molar-refractivity contribution is 6.03. The third kappa shape index (κ3) is 3.18. The lowest BCUT2D eigenvalue weighted by molar-refractivity contribution is 0.0696. The second kappa shape index (κ2) is 5.94. The molecular formula is C14H12N2O4. The number of nitrogens with zero attached hydrogens (tertiary/aromatic N) is 1. The molecule has 1 heterocycles. The third-order valence-electron chi connectivity index (χ3n) is 2.65. The largest absolute Gasteiger partial charge is 0.478 e. The molecule has 1 amide bonds. The molecule has 0 saturated heterocycles. The van der Waals surface area contributed by atoms with E-state index >= 15 is 0 Å². The first-order valence-electron chi connectivity index (χ1n) is 5.80. The van der Waals surface area contributed by atoms with Gasteiger partial charge in [0, 0.05) is 11.8 Å². The number of amides is 1. The van der Waals surface area contributed by atoms with Gasteiger partial charge in [0.25, 0.3) is 5.91 Å². The lowest BCUT2D eigenvalue weighted by Crippen LogP contribution is -2.13. The van der Waals surface area contributed by atoms with Gasteiger partial charge in [-0.25, -0.2) is 9.78 Å². The molecule has 0 saturated carbocycles. The summed E-state index contributed by atoms with van der Waals surface area (Å²) in [5, 5.41) is 20.2. The number of carboxylic acid groups (broad SMARTS) is 1. The van der Waals surface area contributed by atoms with Gasteiger partial charge in [-0.1, -0.05) is 12.1 Å². The van der Waals surface area contributed by atoms with Crippen LogP contribution in [0, 0.1) is 0 Å². The molecule has 2 aromatic rings. The molecule has 0 unspecified atom stereocenters. The van der Waals surface area contributed by atoms with Crippen LogP contribution in [0.4, 0.5) is 5.82 Å². The van der Waals surface area contributed by atoms with Crippen LogP contribution in [0.3, 0.4) is 0 Å². The lowest BCUT2D eigenvalue weighted by Gasteiger charge is -2.05. The number of nitrogens with one attached hydrogen (secondary N) is 1. The summed E-state index contributed by atoms with van der Waals surface area (Å²) < 4.78 is 0. The van der Waals surface area contributed by atoms with E-state index in [1.54, 1.807) is 24.3 Å². The van der Waals surface area contributed by atoms with Crippen molar-refractivity contribution in [2.45, 2.75) is 6.61 Å². The van der Waals surface area contributed by atoms with Crippen LogP contribution < -0.4 is 5.32 Å². The molecule has 6 nitrogen and oxygen atoms in total. The van der Waals surface area contributed by atoms with E-state index in [9.17, 15) is 9.59 Å². The summed E-state index contributed by atoms with van der Waals surface area (Å²) in [4.78, 5) is 26.4. The molecule has 20 heavy (non-hydrogen) atoms. The van der Waals surface area contributed by atoms with Gasteiger partial charge < -0.3 is 15.5 Å². The fourth-order valence-corrected chi connectivity index (χ4v) is 1.54. The smallest absolute Gasteiger partial charge is 0.337 e. The molecule has 102 valence electrons. The number of carboxylic acids is 1. The minimum Gasteiger partial charge on any atom is -0.478 e. The van der Waals surface area contributed by atoms with Crippen molar-refractivity contribution in [2.24, 2.45) is 0 Å². The molecule has 0 bridgehead atoms. The van der Waals surface area contributed by atoms with E-state index in [1.165, 1.54) is 18.3 Å². The Balaban J connectivity index is 2.08. The summed E-state index contributed by atoms with van der Waals surface area (Å²) in [6.07, 6.45) is 1.17. The quantitative estimate of drug-likeness (QED) is 0.783. The van der Waals surface area contributed by atoms with E-state index < -0.39 is 5.97 Å². The number of pyridine rings is 1. The zero-order valence-electron chi connectivity index (χ0n) is 10.4. The van der Waals surface area contributed by atoms with Gasteiger partial charge in [0.15, 0.2) is 0 Å². The van der Waals surface area contributed by atoms with E-state index in [0.717, 1.165) is 0 Å². The van der Waals surface area contributed by atoms with E-state index in [1.807, 2.05) is 0 Å². The molecule has 0 aliphatic carbocycles. The SMILES string of the molecule is O=C(O)c1ccc(NC(=O)c2ccc(CO)cc2)nc1. The topological polar surface area (TPSA) is 99.5 Å². The van der Waals surface area contributed by atoms with Crippen LogP contribution in [0.25, 0.3) is 0 Å². The van der Waals surface area contributed by atoms with Crippen molar-refractivity contribution < 1.29 is 19.8 Å². The average Bonchev–Trinajstić information content (AvgIpc) is 2.48. The van der Waals surface area contributed by atoms with Crippen LogP contribution in [0.2, 0.25) is 0 Å². The van der Waals surface area contributed by atoms with E-state index in [2.05, 4.69) is 10.3 Å². The molecular weight excluding hydrogens is 260 g/mol. The van der Waals surface area contributed by atoms with Gasteiger partial charge in [0.2, 0.25) is 0 Å². The van der Waals surface area contributed by atoms with Gasteiger partial charge in [-0.2, -0.15) is 0 Å². The molecule has 1 aromatic carbocycles. The number of hydrogen-bond acceptors (Lipinski definition) is 4. The Bertz CT molecular complexity index is 621. The Morgan fingerprint density at radius 3 is 2.20 bits per heavy atom. The fraction of sp³-hybridized carbons (Fsp3) is 0.0714. The van der Waals surface area contributed by atoms with Crippen molar-refractivity contribution in [3.63, 3.8) is 0 Å². The van der Waals surface area contributed by atoms with Gasteiger partial charge in [-0.05, 0) is 29.8 Å². The zero-order valence-corrected chi connectivity index (χ0v) is 10.4. The molecule has 3 N–H and O–H groups in total. The summed E-state index contributed by atoms with van der Waals surface area (Å²) in [6.45, 7) is -0.0832. The minimum absolute atomic E-state index is 0.0512. The van der Waals surface area contributed by atoms with Crippen molar-refractivity contribution in [3.05, 3.63) is 59.3 Å². The van der Waals surface area contributed by atoms with E-state index in [-0.39, 0.29) is 23.9 Å². The van der Waals surface area contributed by atoms with Crippen LogP contribution >= 0.6 is 0 Å². The number of aliphatic hydroxyl groups is 1. The average molecular weight is 272 g/mol. The number of rotatable bonds is 4. The molecule has 2 rings (SSSR count). The Hall–Kier alpha value is -2.73. The highest BCUT2D eigenvalue weighted by atomic mass is 16.4. The molecule has 0 fully saturated rings. The normalized spacial score (nSPS) is 10.1. The molecule has 0 aliphatic rings. The molecule has 1 aromatic heterocycles. The summed E-state index contributed by atoms with van der Waals surface area (Å²) in [5.74, 6) is -1.16. The second-order valence-corrected chi connectivity index (χ2v) is 4.05. The van der Waals surface area contributed by atoms with Gasteiger partial charge in [-0.15, -0.1) is 0 Å². The molecule has 0 aliphatic heterocycles. The highest BCUT2D eigenvalue weighted by Crippen LogP contribution is 2.09. The molecule has 0 radical (unpaired) electrons.